The van der Waals surface area contributed by atoms with Gasteiger partial charge in [-0.2, -0.15) is 0 Å². The van der Waals surface area contributed by atoms with E-state index in [-0.39, 0.29) is 50.8 Å². The third kappa shape index (κ3) is 3.07. The molecule has 6 aromatic rings. The van der Waals surface area contributed by atoms with E-state index in [2.05, 4.69) is 15.0 Å². The van der Waals surface area contributed by atoms with Crippen molar-refractivity contribution in [1.29, 1.82) is 0 Å². The van der Waals surface area contributed by atoms with Gasteiger partial charge in [-0.15, -0.1) is 0 Å². The van der Waals surface area contributed by atoms with E-state index in [1.54, 1.807) is 30.5 Å². The largest absolute Gasteiger partial charge is 0.477 e. The van der Waals surface area contributed by atoms with Crippen molar-refractivity contribution in [1.82, 2.24) is 19.5 Å². The molecule has 5 heterocycles. The zero-order valence-electron chi connectivity index (χ0n) is 17.8. The van der Waals surface area contributed by atoms with Crippen LogP contribution in [0.2, 0.25) is 0 Å². The summed E-state index contributed by atoms with van der Waals surface area (Å²) in [6.07, 6.45) is 4.27. The smallest absolute Gasteiger partial charge is 0.353 e. The van der Waals surface area contributed by atoms with Crippen LogP contribution in [0.25, 0.3) is 44.0 Å². The molecular weight excluding hydrogens is 455 g/mol. The van der Waals surface area contributed by atoms with Crippen LogP contribution >= 0.6 is 0 Å². The first-order valence-electron chi connectivity index (χ1n) is 10.5. The molecule has 0 amide bonds. The highest BCUT2D eigenvalue weighted by Crippen LogP contribution is 2.40. The van der Waals surface area contributed by atoms with Crippen molar-refractivity contribution in [2.24, 2.45) is 0 Å². The number of nitrogens with one attached hydrogen (secondary N) is 2. The number of aromatic carboxylic acids is 1. The predicted molar refractivity (Wildman–Crippen MR) is 126 cm³/mol. The second-order valence-corrected chi connectivity index (χ2v) is 8.01. The van der Waals surface area contributed by atoms with Gasteiger partial charge in [-0.25, -0.2) is 14.2 Å². The Morgan fingerprint density at radius 3 is 2.80 bits per heavy atom. The minimum Gasteiger partial charge on any atom is -0.477 e. The lowest BCUT2D eigenvalue weighted by Crippen LogP contribution is -2.19. The average molecular weight is 470 g/mol. The number of aromatic amines is 2. The molecule has 6 rings (SSSR count). The summed E-state index contributed by atoms with van der Waals surface area (Å²) in [5.41, 5.74) is -0.202. The standard InChI is InChI=1S/C25H15FN4O5/c26-16-10-17-19(21-14(16)5-8-35-21)18(15-4-2-7-28-24(15)32)20(25(33)34)30(17)11-13-9-12-3-1-6-27-22(12)29-23(13)31/h1-10H,11H2,(H,28,32)(H,33,34)(H,27,29,31). The fourth-order valence-electron chi connectivity index (χ4n) is 4.54. The van der Waals surface area contributed by atoms with Gasteiger partial charge in [0, 0.05) is 28.9 Å². The number of carboxylic acids is 1. The molecule has 9 nitrogen and oxygen atoms in total. The van der Waals surface area contributed by atoms with Gasteiger partial charge in [0.1, 0.15) is 22.7 Å². The van der Waals surface area contributed by atoms with E-state index in [1.165, 1.54) is 35.2 Å². The van der Waals surface area contributed by atoms with E-state index < -0.39 is 22.9 Å². The van der Waals surface area contributed by atoms with Crippen LogP contribution in [0.1, 0.15) is 16.1 Å². The third-order valence-corrected chi connectivity index (χ3v) is 6.03. The molecule has 1 aromatic carbocycles. The molecule has 172 valence electrons. The zero-order chi connectivity index (χ0) is 24.3. The highest BCUT2D eigenvalue weighted by atomic mass is 19.1. The van der Waals surface area contributed by atoms with Gasteiger partial charge in [0.2, 0.25) is 0 Å². The first kappa shape index (κ1) is 20.6. The molecule has 0 spiro atoms. The van der Waals surface area contributed by atoms with Gasteiger partial charge < -0.3 is 24.1 Å². The van der Waals surface area contributed by atoms with E-state index in [9.17, 15) is 19.5 Å². The Hall–Kier alpha value is -4.99. The molecule has 0 fully saturated rings. The lowest BCUT2D eigenvalue weighted by atomic mass is 10.0. The monoisotopic (exact) mass is 470 g/mol. The number of fused-ring (bicyclic) bond motifs is 4. The number of hydrogen-bond donors (Lipinski definition) is 3. The Labute approximate surface area is 194 Å². The van der Waals surface area contributed by atoms with Crippen LogP contribution in [-0.4, -0.2) is 30.6 Å². The summed E-state index contributed by atoms with van der Waals surface area (Å²) in [6.45, 7) is -0.200. The van der Waals surface area contributed by atoms with Crippen molar-refractivity contribution in [3.8, 4) is 11.1 Å². The van der Waals surface area contributed by atoms with Crippen molar-refractivity contribution in [2.75, 3.05) is 0 Å². The van der Waals surface area contributed by atoms with Crippen LogP contribution in [-0.2, 0) is 6.54 Å². The molecule has 0 bridgehead atoms. The molecular formula is C25H15FN4O5. The molecule has 0 aliphatic rings. The number of benzene rings is 1. The van der Waals surface area contributed by atoms with E-state index >= 15 is 4.39 Å². The van der Waals surface area contributed by atoms with Crippen LogP contribution in [0.5, 0.6) is 0 Å². The van der Waals surface area contributed by atoms with Crippen molar-refractivity contribution < 1.29 is 18.7 Å². The Balaban J connectivity index is 1.74. The number of H-pyrrole nitrogens is 2. The highest BCUT2D eigenvalue weighted by Gasteiger charge is 2.29. The van der Waals surface area contributed by atoms with Crippen LogP contribution in [0, 0.1) is 5.82 Å². The summed E-state index contributed by atoms with van der Waals surface area (Å²) in [4.78, 5) is 47.5. The summed E-state index contributed by atoms with van der Waals surface area (Å²) in [5, 5.41) is 11.3. The molecule has 10 heteroatoms. The predicted octanol–water partition coefficient (Wildman–Crippen LogP) is 3.86. The second kappa shape index (κ2) is 7.52. The lowest BCUT2D eigenvalue weighted by Gasteiger charge is -2.10. The van der Waals surface area contributed by atoms with Gasteiger partial charge in [0.05, 0.1) is 34.7 Å². The fourth-order valence-corrected chi connectivity index (χ4v) is 4.54. The van der Waals surface area contributed by atoms with E-state index in [4.69, 9.17) is 4.42 Å². The zero-order valence-corrected chi connectivity index (χ0v) is 17.8. The van der Waals surface area contributed by atoms with Gasteiger partial charge in [-0.1, -0.05) is 0 Å². The summed E-state index contributed by atoms with van der Waals surface area (Å²) in [6, 6.07) is 10.7. The highest BCUT2D eigenvalue weighted by molar-refractivity contribution is 6.17. The van der Waals surface area contributed by atoms with Gasteiger partial charge in [0.15, 0.2) is 0 Å². The Morgan fingerprint density at radius 1 is 1.14 bits per heavy atom. The minimum atomic E-state index is -1.35. The summed E-state index contributed by atoms with van der Waals surface area (Å²) >= 11 is 0. The fraction of sp³-hybridized carbons (Fsp3) is 0.0400. The van der Waals surface area contributed by atoms with Crippen molar-refractivity contribution in [3.05, 3.63) is 98.9 Å². The number of carbonyl (C=O) groups is 1. The molecule has 3 N–H and O–H groups in total. The number of pyridine rings is 3. The number of rotatable bonds is 4. The number of aromatic nitrogens is 4. The summed E-state index contributed by atoms with van der Waals surface area (Å²) in [7, 11) is 0. The molecule has 0 aliphatic carbocycles. The first-order valence-corrected chi connectivity index (χ1v) is 10.5. The van der Waals surface area contributed by atoms with E-state index in [0.717, 1.165) is 0 Å². The number of furan rings is 1. The van der Waals surface area contributed by atoms with Crippen LogP contribution in [0.15, 0.2) is 75.1 Å². The first-order chi connectivity index (χ1) is 16.9. The number of halogens is 1. The van der Waals surface area contributed by atoms with E-state index in [0.29, 0.717) is 11.0 Å². The summed E-state index contributed by atoms with van der Waals surface area (Å²) in [5.74, 6) is -1.97. The van der Waals surface area contributed by atoms with Gasteiger partial charge in [0.25, 0.3) is 11.1 Å². The van der Waals surface area contributed by atoms with Crippen molar-refractivity contribution in [3.63, 3.8) is 0 Å². The maximum absolute atomic E-state index is 15.0. The van der Waals surface area contributed by atoms with Crippen LogP contribution < -0.4 is 11.1 Å². The maximum atomic E-state index is 15.0. The van der Waals surface area contributed by atoms with E-state index in [1.807, 2.05) is 0 Å². The molecule has 0 unspecified atom stereocenters. The van der Waals surface area contributed by atoms with Gasteiger partial charge in [-0.05, 0) is 42.5 Å². The summed E-state index contributed by atoms with van der Waals surface area (Å²) < 4.78 is 21.9. The number of carboxylic acid groups (broad SMARTS) is 1. The number of nitrogens with zero attached hydrogens (tertiary/aromatic N) is 2. The topological polar surface area (TPSA) is 134 Å². The lowest BCUT2D eigenvalue weighted by molar-refractivity contribution is 0.0687. The van der Waals surface area contributed by atoms with Crippen LogP contribution in [0.3, 0.4) is 0 Å². The molecule has 0 saturated carbocycles. The van der Waals surface area contributed by atoms with Gasteiger partial charge in [-0.3, -0.25) is 9.59 Å². The second-order valence-electron chi connectivity index (χ2n) is 8.01. The molecule has 5 aromatic heterocycles. The molecule has 35 heavy (non-hydrogen) atoms. The molecule has 0 saturated heterocycles. The third-order valence-electron chi connectivity index (χ3n) is 6.03. The minimum absolute atomic E-state index is 0.0770. The molecule has 0 aliphatic heterocycles. The van der Waals surface area contributed by atoms with Gasteiger partial charge >= 0.3 is 5.97 Å². The van der Waals surface area contributed by atoms with Crippen molar-refractivity contribution >= 4 is 38.9 Å². The van der Waals surface area contributed by atoms with Crippen molar-refractivity contribution in [2.45, 2.75) is 6.54 Å². The quantitative estimate of drug-likeness (QED) is 0.358. The molecule has 0 radical (unpaired) electrons. The maximum Gasteiger partial charge on any atom is 0.353 e. The normalized spacial score (nSPS) is 11.6. The Bertz CT molecular complexity index is 1930. The van der Waals surface area contributed by atoms with Crippen LogP contribution in [0.4, 0.5) is 4.39 Å². The Morgan fingerprint density at radius 2 is 2.00 bits per heavy atom. The average Bonchev–Trinajstić information content (AvgIpc) is 3.44. The SMILES string of the molecule is O=C(O)c1c(-c2ccc[nH]c2=O)c2c3occc3c(F)cc2n1Cc1cc2cccnc2[nH]c1=O. The molecule has 0 atom stereocenters. The number of hydrogen-bond acceptors (Lipinski definition) is 5. The Kier molecular flexibility index (Phi) is 4.43.